The maximum atomic E-state index is 15.4. The van der Waals surface area contributed by atoms with Crippen LogP contribution in [0.1, 0.15) is 274 Å². The molecule has 0 saturated heterocycles. The molecule has 6 unspecified atom stereocenters. The minimum atomic E-state index is -0.151. The fourth-order valence-electron chi connectivity index (χ4n) is 14.1. The van der Waals surface area contributed by atoms with Crippen molar-refractivity contribution in [3.05, 3.63) is 114 Å². The summed E-state index contributed by atoms with van der Waals surface area (Å²) in [6.45, 7) is 29.5. The van der Waals surface area contributed by atoms with Gasteiger partial charge in [-0.2, -0.15) is 0 Å². The molecule has 7 rings (SSSR count). The van der Waals surface area contributed by atoms with Crippen molar-refractivity contribution < 1.29 is 9.59 Å². The van der Waals surface area contributed by atoms with Crippen LogP contribution in [0.4, 0.5) is 0 Å². The van der Waals surface area contributed by atoms with Crippen molar-refractivity contribution in [3.8, 4) is 35.3 Å². The number of nitrogens with zero attached hydrogens (tertiary/aromatic N) is 2. The maximum absolute atomic E-state index is 15.4. The Morgan fingerprint density at radius 2 is 0.964 bits per heavy atom. The molecule has 83 heavy (non-hydrogen) atoms. The van der Waals surface area contributed by atoms with E-state index in [1.165, 1.54) is 138 Å². The number of carbonyl (C=O) groups excluding carboxylic acids is 2. The average molecular weight is 1160 g/mol. The standard InChI is InChI=1S/C77H108N2O2S2/c1-14-19-34-61(17-4)52-77(53-62(18-5)35-20-15-2)67-50-60(16-3)38-42-65(67)66-43-39-63(51-68(66)77)37-40-64-41-44-70(83-64)74-72-71(75(80)79(74)48-46-59(13)33-24-31-57(11)29-22-27-55(8)9)73(69-36-25-49-82-69)78(76(72)81)47-45-58(12)32-23-30-56(10)28-21-26-54(6)7/h3,25,36,38-39,41-44,49-51,54-59,61-62H,14-15,17-24,26-35,45-48,52-53H2,1-2,4-13H3. The summed E-state index contributed by atoms with van der Waals surface area (Å²) >= 11 is 3.25. The van der Waals surface area contributed by atoms with Crippen LogP contribution in [0.15, 0.2) is 77.2 Å². The number of terminal acetylenes is 1. The summed E-state index contributed by atoms with van der Waals surface area (Å²) in [5.74, 6) is 15.4. The maximum Gasteiger partial charge on any atom is 0.261 e. The van der Waals surface area contributed by atoms with E-state index >= 15 is 9.59 Å². The molecule has 6 heteroatoms. The molecule has 2 aliphatic heterocycles. The Balaban J connectivity index is 1.21. The van der Waals surface area contributed by atoms with Crippen LogP contribution < -0.4 is 0 Å². The first kappa shape index (κ1) is 65.9. The number of rotatable bonds is 36. The molecule has 2 amide bonds. The zero-order valence-corrected chi connectivity index (χ0v) is 55.6. The number of fused-ring (bicyclic) bond motifs is 4. The third-order valence-electron chi connectivity index (χ3n) is 19.4. The molecule has 0 spiro atoms. The zero-order valence-electron chi connectivity index (χ0n) is 54.0. The Bertz CT molecular complexity index is 2870. The van der Waals surface area contributed by atoms with Gasteiger partial charge in [0.1, 0.15) is 0 Å². The van der Waals surface area contributed by atoms with Gasteiger partial charge in [-0.1, -0.05) is 247 Å². The Labute approximate surface area is 514 Å². The minimum absolute atomic E-state index is 0.0299. The van der Waals surface area contributed by atoms with Crippen molar-refractivity contribution in [1.82, 2.24) is 9.80 Å². The second-order valence-corrected chi connectivity index (χ2v) is 29.3. The molecule has 2 aromatic carbocycles. The van der Waals surface area contributed by atoms with E-state index in [2.05, 4.69) is 167 Å². The van der Waals surface area contributed by atoms with Crippen molar-refractivity contribution >= 4 is 45.9 Å². The minimum Gasteiger partial charge on any atom is -0.306 e. The Kier molecular flexibility index (Phi) is 25.6. The highest BCUT2D eigenvalue weighted by molar-refractivity contribution is 7.13. The van der Waals surface area contributed by atoms with Crippen LogP contribution in [-0.2, 0) is 15.0 Å². The number of amides is 2. The number of benzene rings is 2. The largest absolute Gasteiger partial charge is 0.306 e. The molecular weight excluding hydrogens is 1050 g/mol. The van der Waals surface area contributed by atoms with Crippen molar-refractivity contribution in [2.45, 2.75) is 243 Å². The summed E-state index contributed by atoms with van der Waals surface area (Å²) in [7, 11) is 0. The molecule has 1 aliphatic carbocycles. The lowest BCUT2D eigenvalue weighted by Crippen LogP contribution is -2.31. The quantitative estimate of drug-likeness (QED) is 0.0426. The van der Waals surface area contributed by atoms with Crippen molar-refractivity contribution in [3.63, 3.8) is 0 Å². The Hall–Kier alpha value is -4.62. The lowest BCUT2D eigenvalue weighted by molar-refractivity contribution is -0.124. The van der Waals surface area contributed by atoms with E-state index in [0.29, 0.717) is 47.9 Å². The monoisotopic (exact) mass is 1160 g/mol. The van der Waals surface area contributed by atoms with Gasteiger partial charge in [0.05, 0.1) is 37.2 Å². The third-order valence-corrected chi connectivity index (χ3v) is 21.3. The molecular formula is C77H108N2O2S2. The molecule has 0 fully saturated rings. The second kappa shape index (κ2) is 32.2. The van der Waals surface area contributed by atoms with Crippen LogP contribution in [0.25, 0.3) is 22.5 Å². The number of hydrogen-bond donors (Lipinski definition) is 0. The fourth-order valence-corrected chi connectivity index (χ4v) is 15.8. The molecule has 0 N–H and O–H groups in total. The van der Waals surface area contributed by atoms with Gasteiger partial charge in [-0.05, 0) is 143 Å². The van der Waals surface area contributed by atoms with E-state index in [9.17, 15) is 0 Å². The first-order valence-corrected chi connectivity index (χ1v) is 35.3. The van der Waals surface area contributed by atoms with Crippen molar-refractivity contribution in [2.24, 2.45) is 47.3 Å². The van der Waals surface area contributed by atoms with Gasteiger partial charge in [0.15, 0.2) is 0 Å². The van der Waals surface area contributed by atoms with E-state index in [4.69, 9.17) is 6.42 Å². The normalized spacial score (nSPS) is 17.9. The molecule has 4 aromatic rings. The number of unbranched alkanes of at least 4 members (excludes halogenated alkanes) is 2. The average Bonchev–Trinajstić information content (AvgIpc) is 2.93. The lowest BCUT2D eigenvalue weighted by Gasteiger charge is -2.38. The van der Waals surface area contributed by atoms with Crippen LogP contribution in [0.5, 0.6) is 0 Å². The predicted octanol–water partition coefficient (Wildman–Crippen LogP) is 21.8. The number of thiophene rings is 2. The topological polar surface area (TPSA) is 40.6 Å². The van der Waals surface area contributed by atoms with Gasteiger partial charge >= 0.3 is 0 Å². The van der Waals surface area contributed by atoms with Gasteiger partial charge in [0, 0.05) is 29.6 Å². The molecule has 3 aliphatic rings. The summed E-state index contributed by atoms with van der Waals surface area (Å²) in [6, 6.07) is 22.2. The van der Waals surface area contributed by atoms with E-state index in [1.54, 1.807) is 22.7 Å². The van der Waals surface area contributed by atoms with Gasteiger partial charge in [0.2, 0.25) is 0 Å². The molecule has 4 heterocycles. The van der Waals surface area contributed by atoms with Crippen LogP contribution in [-0.4, -0.2) is 34.7 Å². The van der Waals surface area contributed by atoms with Crippen LogP contribution >= 0.6 is 22.7 Å². The van der Waals surface area contributed by atoms with Gasteiger partial charge in [-0.15, -0.1) is 29.1 Å². The summed E-state index contributed by atoms with van der Waals surface area (Å²) in [5, 5.41) is 2.08. The molecule has 2 aromatic heterocycles. The van der Waals surface area contributed by atoms with Crippen LogP contribution in [0, 0.1) is 71.5 Å². The Morgan fingerprint density at radius 1 is 0.506 bits per heavy atom. The van der Waals surface area contributed by atoms with Crippen molar-refractivity contribution in [2.75, 3.05) is 13.1 Å². The summed E-state index contributed by atoms with van der Waals surface area (Å²) in [5.41, 5.74) is 10.1. The SMILES string of the molecule is C#Cc1ccc2c(c1)C(CC(CC)CCCC)(CC(CC)CCCC)c1cc(C#Cc3ccc(C4=C5C(=O)N(CCC(C)CCCC(C)CCCC(C)C)C(c6cccs6)=C5C(=O)N4CCC(C)CCCC(C)CCCC(C)C)s3)ccc1-2. The van der Waals surface area contributed by atoms with Crippen LogP contribution in [0.3, 0.4) is 0 Å². The van der Waals surface area contributed by atoms with Crippen molar-refractivity contribution in [1.29, 1.82) is 0 Å². The molecule has 0 radical (unpaired) electrons. The number of hydrogen-bond acceptors (Lipinski definition) is 4. The van der Waals surface area contributed by atoms with Crippen LogP contribution in [0.2, 0.25) is 0 Å². The summed E-state index contributed by atoms with van der Waals surface area (Å²) in [4.78, 5) is 37.6. The second-order valence-electron chi connectivity index (χ2n) is 27.2. The van der Waals surface area contributed by atoms with E-state index in [0.717, 1.165) is 99.3 Å². The van der Waals surface area contributed by atoms with Gasteiger partial charge in [0.25, 0.3) is 11.8 Å². The number of carbonyl (C=O) groups is 2. The first-order chi connectivity index (χ1) is 40.0. The highest BCUT2D eigenvalue weighted by Crippen LogP contribution is 2.57. The first-order valence-electron chi connectivity index (χ1n) is 33.6. The zero-order chi connectivity index (χ0) is 59.6. The van der Waals surface area contributed by atoms with E-state index in [1.807, 2.05) is 9.80 Å². The Morgan fingerprint density at radius 3 is 1.41 bits per heavy atom. The molecule has 6 atom stereocenters. The molecule has 4 nitrogen and oxygen atoms in total. The summed E-state index contributed by atoms with van der Waals surface area (Å²) < 4.78 is 0. The molecule has 0 bridgehead atoms. The van der Waals surface area contributed by atoms with E-state index < -0.39 is 0 Å². The summed E-state index contributed by atoms with van der Waals surface area (Å²) in [6.07, 6.45) is 35.0. The predicted molar refractivity (Wildman–Crippen MR) is 359 cm³/mol. The molecule has 450 valence electrons. The smallest absolute Gasteiger partial charge is 0.261 e. The van der Waals surface area contributed by atoms with Gasteiger partial charge in [-0.3, -0.25) is 9.59 Å². The third kappa shape index (κ3) is 17.1. The molecule has 0 saturated carbocycles. The van der Waals surface area contributed by atoms with E-state index in [-0.39, 0.29) is 17.2 Å². The lowest BCUT2D eigenvalue weighted by atomic mass is 9.65. The van der Waals surface area contributed by atoms with Gasteiger partial charge < -0.3 is 9.80 Å². The highest BCUT2D eigenvalue weighted by Gasteiger charge is 2.50. The highest BCUT2D eigenvalue weighted by atomic mass is 32.1. The fraction of sp³-hybridized carbons (Fsp3) is 0.610. The van der Waals surface area contributed by atoms with Gasteiger partial charge in [-0.25, -0.2) is 0 Å².